The molecule has 118 valence electrons. The van der Waals surface area contributed by atoms with Gasteiger partial charge in [-0.15, -0.1) is 0 Å². The van der Waals surface area contributed by atoms with Crippen molar-refractivity contribution in [2.24, 2.45) is 5.73 Å². The number of halogens is 1. The fraction of sp³-hybridized carbons (Fsp3) is 0.647. The summed E-state index contributed by atoms with van der Waals surface area (Å²) >= 11 is 3.62. The molecule has 4 heteroatoms. The van der Waals surface area contributed by atoms with Crippen LogP contribution in [0.1, 0.15) is 45.2 Å². The summed E-state index contributed by atoms with van der Waals surface area (Å²) in [5.74, 6) is 0. The number of benzene rings is 1. The molecule has 1 atom stereocenters. The quantitative estimate of drug-likeness (QED) is 0.856. The number of anilines is 1. The van der Waals surface area contributed by atoms with Crippen molar-refractivity contribution in [1.29, 1.82) is 0 Å². The van der Waals surface area contributed by atoms with Crippen molar-refractivity contribution in [2.45, 2.75) is 64.7 Å². The third kappa shape index (κ3) is 2.99. The van der Waals surface area contributed by atoms with E-state index in [9.17, 15) is 0 Å². The minimum absolute atomic E-state index is 0.171. The Morgan fingerprint density at radius 3 is 2.10 bits per heavy atom. The Hall–Kier alpha value is -0.580. The van der Waals surface area contributed by atoms with Crippen LogP contribution in [-0.2, 0) is 4.74 Å². The minimum atomic E-state index is -0.319. The Labute approximate surface area is 136 Å². The van der Waals surface area contributed by atoms with Crippen LogP contribution in [0, 0.1) is 13.8 Å². The van der Waals surface area contributed by atoms with Gasteiger partial charge in [0.1, 0.15) is 0 Å². The molecule has 0 amide bonds. The molecule has 0 aromatic heterocycles. The predicted octanol–water partition coefficient (Wildman–Crippen LogP) is 4.15. The molecular weight excluding hydrogens is 328 g/mol. The lowest BCUT2D eigenvalue weighted by Gasteiger charge is -2.40. The van der Waals surface area contributed by atoms with E-state index in [2.05, 4.69) is 74.9 Å². The topological polar surface area (TPSA) is 47.3 Å². The van der Waals surface area contributed by atoms with Crippen LogP contribution >= 0.6 is 15.9 Å². The van der Waals surface area contributed by atoms with Crippen LogP contribution in [0.5, 0.6) is 0 Å². The molecule has 1 fully saturated rings. The summed E-state index contributed by atoms with van der Waals surface area (Å²) < 4.78 is 7.41. The number of ether oxygens (including phenoxy) is 1. The number of hydrogen-bond acceptors (Lipinski definition) is 3. The van der Waals surface area contributed by atoms with Crippen LogP contribution in [0.3, 0.4) is 0 Å². The van der Waals surface area contributed by atoms with E-state index in [0.717, 1.165) is 16.6 Å². The normalized spacial score (nSPS) is 26.9. The summed E-state index contributed by atoms with van der Waals surface area (Å²) in [5.41, 5.74) is 8.97. The van der Waals surface area contributed by atoms with Gasteiger partial charge in [-0.25, -0.2) is 0 Å². The molecule has 0 aliphatic carbocycles. The highest BCUT2D eigenvalue weighted by molar-refractivity contribution is 9.10. The van der Waals surface area contributed by atoms with Gasteiger partial charge in [0.05, 0.1) is 16.7 Å². The Morgan fingerprint density at radius 2 is 1.71 bits per heavy atom. The van der Waals surface area contributed by atoms with Crippen LogP contribution in [0.4, 0.5) is 5.69 Å². The molecule has 0 radical (unpaired) electrons. The summed E-state index contributed by atoms with van der Waals surface area (Å²) in [7, 11) is 0. The minimum Gasteiger partial charge on any atom is -0.375 e. The van der Waals surface area contributed by atoms with Crippen molar-refractivity contribution in [1.82, 2.24) is 0 Å². The zero-order chi connectivity index (χ0) is 16.1. The van der Waals surface area contributed by atoms with E-state index in [1.165, 1.54) is 11.1 Å². The fourth-order valence-corrected chi connectivity index (χ4v) is 3.85. The molecule has 21 heavy (non-hydrogen) atoms. The van der Waals surface area contributed by atoms with Gasteiger partial charge in [-0.3, -0.25) is 0 Å². The van der Waals surface area contributed by atoms with Crippen LogP contribution in [-0.4, -0.2) is 23.3 Å². The molecular formula is C17H27BrN2O. The average molecular weight is 355 g/mol. The highest BCUT2D eigenvalue weighted by Gasteiger charge is 2.56. The van der Waals surface area contributed by atoms with Gasteiger partial charge in [-0.1, -0.05) is 15.9 Å². The third-order valence-corrected chi connectivity index (χ3v) is 5.83. The van der Waals surface area contributed by atoms with Crippen LogP contribution < -0.4 is 11.1 Å². The summed E-state index contributed by atoms with van der Waals surface area (Å²) in [6, 6.07) is 4.33. The Balaban J connectivity index is 2.40. The highest BCUT2D eigenvalue weighted by atomic mass is 79.9. The lowest BCUT2D eigenvalue weighted by atomic mass is 9.78. The molecule has 2 rings (SSSR count). The molecule has 0 bridgehead atoms. The zero-order valence-electron chi connectivity index (χ0n) is 13.9. The second kappa shape index (κ2) is 5.25. The molecule has 1 aromatic carbocycles. The van der Waals surface area contributed by atoms with Gasteiger partial charge < -0.3 is 15.8 Å². The maximum Gasteiger partial charge on any atom is 0.0875 e. The summed E-state index contributed by atoms with van der Waals surface area (Å²) in [6.07, 6.45) is 0.887. The molecule has 1 saturated heterocycles. The monoisotopic (exact) mass is 354 g/mol. The number of nitrogens with two attached hydrogens (primary N) is 1. The smallest absolute Gasteiger partial charge is 0.0875 e. The van der Waals surface area contributed by atoms with Gasteiger partial charge in [-0.2, -0.15) is 0 Å². The van der Waals surface area contributed by atoms with Crippen molar-refractivity contribution in [2.75, 3.05) is 11.9 Å². The molecule has 3 N–H and O–H groups in total. The second-order valence-corrected chi connectivity index (χ2v) is 8.18. The van der Waals surface area contributed by atoms with E-state index in [1.807, 2.05) is 0 Å². The van der Waals surface area contributed by atoms with E-state index in [1.54, 1.807) is 0 Å². The zero-order valence-corrected chi connectivity index (χ0v) is 15.5. The second-order valence-electron chi connectivity index (χ2n) is 7.38. The van der Waals surface area contributed by atoms with Gasteiger partial charge >= 0.3 is 0 Å². The molecule has 1 aromatic rings. The predicted molar refractivity (Wildman–Crippen MR) is 92.9 cm³/mol. The van der Waals surface area contributed by atoms with E-state index in [-0.39, 0.29) is 16.7 Å². The number of hydrogen-bond donors (Lipinski definition) is 2. The van der Waals surface area contributed by atoms with Gasteiger partial charge in [0.15, 0.2) is 0 Å². The molecule has 0 saturated carbocycles. The van der Waals surface area contributed by atoms with Crippen molar-refractivity contribution in [3.8, 4) is 0 Å². The summed E-state index contributed by atoms with van der Waals surface area (Å²) in [5, 5.41) is 3.69. The van der Waals surface area contributed by atoms with E-state index in [0.29, 0.717) is 6.54 Å². The first-order valence-electron chi connectivity index (χ1n) is 7.47. The SMILES string of the molecule is Cc1cc(NC2(CN)CC(C)(C)OC2(C)C)cc(C)c1Br. The average Bonchev–Trinajstić information content (AvgIpc) is 2.51. The molecule has 0 spiro atoms. The van der Waals surface area contributed by atoms with Crippen LogP contribution in [0.2, 0.25) is 0 Å². The maximum atomic E-state index is 6.25. The Morgan fingerprint density at radius 1 is 1.19 bits per heavy atom. The van der Waals surface area contributed by atoms with Gasteiger partial charge in [0.25, 0.3) is 0 Å². The first kappa shape index (κ1) is 16.8. The molecule has 3 nitrogen and oxygen atoms in total. The van der Waals surface area contributed by atoms with E-state index < -0.39 is 0 Å². The molecule has 1 aliphatic rings. The number of nitrogens with one attached hydrogen (secondary N) is 1. The number of rotatable bonds is 3. The van der Waals surface area contributed by atoms with Crippen molar-refractivity contribution >= 4 is 21.6 Å². The van der Waals surface area contributed by atoms with Gasteiger partial charge in [-0.05, 0) is 64.8 Å². The standard InChI is InChI=1S/C17H27BrN2O/c1-11-7-13(8-12(2)14(11)18)20-17(10-19)9-15(3,4)21-16(17,5)6/h7-8,20H,9-10,19H2,1-6H3. The highest BCUT2D eigenvalue weighted by Crippen LogP contribution is 2.46. The third-order valence-electron chi connectivity index (χ3n) is 4.58. The largest absolute Gasteiger partial charge is 0.375 e. The van der Waals surface area contributed by atoms with Crippen molar-refractivity contribution < 1.29 is 4.74 Å². The van der Waals surface area contributed by atoms with Crippen LogP contribution in [0.25, 0.3) is 0 Å². The molecule has 1 heterocycles. The fourth-order valence-electron chi connectivity index (χ4n) is 3.62. The van der Waals surface area contributed by atoms with E-state index in [4.69, 9.17) is 10.5 Å². The summed E-state index contributed by atoms with van der Waals surface area (Å²) in [4.78, 5) is 0. The maximum absolute atomic E-state index is 6.25. The van der Waals surface area contributed by atoms with E-state index >= 15 is 0 Å². The first-order chi connectivity index (χ1) is 9.52. The van der Waals surface area contributed by atoms with Crippen LogP contribution in [0.15, 0.2) is 16.6 Å². The molecule has 1 aliphatic heterocycles. The Kier molecular flexibility index (Phi) is 4.20. The summed E-state index contributed by atoms with van der Waals surface area (Å²) in [6.45, 7) is 13.3. The Bertz CT molecular complexity index is 531. The van der Waals surface area contributed by atoms with Gasteiger partial charge in [0.2, 0.25) is 0 Å². The molecule has 1 unspecified atom stereocenters. The van der Waals surface area contributed by atoms with Gasteiger partial charge in [0, 0.05) is 23.1 Å². The van der Waals surface area contributed by atoms with Crippen molar-refractivity contribution in [3.63, 3.8) is 0 Å². The number of aryl methyl sites for hydroxylation is 2. The van der Waals surface area contributed by atoms with Crippen molar-refractivity contribution in [3.05, 3.63) is 27.7 Å². The lowest BCUT2D eigenvalue weighted by molar-refractivity contribution is -0.0753. The lowest BCUT2D eigenvalue weighted by Crippen LogP contribution is -2.57. The first-order valence-corrected chi connectivity index (χ1v) is 8.26.